The second-order valence-corrected chi connectivity index (χ2v) is 6.42. The molecular weight excluding hydrogens is 254 g/mol. The molecule has 0 bridgehead atoms. The minimum absolute atomic E-state index is 0.228. The van der Waals surface area contributed by atoms with Crippen molar-refractivity contribution in [3.05, 3.63) is 12.2 Å². The van der Waals surface area contributed by atoms with Crippen molar-refractivity contribution < 1.29 is 14.3 Å². The highest BCUT2D eigenvalue weighted by molar-refractivity contribution is 5.68. The number of carbonyl (C=O) groups is 1. The van der Waals surface area contributed by atoms with Crippen molar-refractivity contribution in [2.45, 2.75) is 65.1 Å². The van der Waals surface area contributed by atoms with Gasteiger partial charge in [-0.2, -0.15) is 0 Å². The van der Waals surface area contributed by atoms with Gasteiger partial charge in [-0.15, -0.1) is 0 Å². The van der Waals surface area contributed by atoms with Crippen molar-refractivity contribution in [1.82, 2.24) is 4.90 Å². The predicted molar refractivity (Wildman–Crippen MR) is 80.8 cm³/mol. The maximum Gasteiger partial charge on any atom is 0.410 e. The van der Waals surface area contributed by atoms with Crippen LogP contribution in [0.1, 0.15) is 53.9 Å². The average Bonchev–Trinajstić information content (AvgIpc) is 2.37. The summed E-state index contributed by atoms with van der Waals surface area (Å²) < 4.78 is 11.5. The van der Waals surface area contributed by atoms with E-state index in [4.69, 9.17) is 9.47 Å². The summed E-state index contributed by atoms with van der Waals surface area (Å²) in [6.07, 6.45) is 6.62. The number of hydrogen-bond donors (Lipinski definition) is 0. The first-order chi connectivity index (χ1) is 9.32. The van der Waals surface area contributed by atoms with Crippen molar-refractivity contribution in [1.29, 1.82) is 0 Å². The van der Waals surface area contributed by atoms with Crippen molar-refractivity contribution in [2.75, 3.05) is 19.7 Å². The lowest BCUT2D eigenvalue weighted by Crippen LogP contribution is -2.52. The first-order valence-electron chi connectivity index (χ1n) is 7.55. The lowest BCUT2D eigenvalue weighted by atomic mass is 9.90. The third-order valence-electron chi connectivity index (χ3n) is 3.56. The Bertz CT molecular complexity index is 346. The first kappa shape index (κ1) is 17.0. The number of piperidine rings is 1. The number of allylic oxidation sites excluding steroid dienone is 1. The van der Waals surface area contributed by atoms with Crippen LogP contribution in [0.3, 0.4) is 0 Å². The molecule has 0 saturated carbocycles. The molecule has 1 aliphatic rings. The van der Waals surface area contributed by atoms with Crippen LogP contribution in [0, 0.1) is 0 Å². The van der Waals surface area contributed by atoms with E-state index in [0.29, 0.717) is 13.2 Å². The number of hydrogen-bond acceptors (Lipinski definition) is 3. The van der Waals surface area contributed by atoms with Gasteiger partial charge >= 0.3 is 6.09 Å². The molecule has 1 atom stereocenters. The number of amides is 1. The Morgan fingerprint density at radius 3 is 2.65 bits per heavy atom. The van der Waals surface area contributed by atoms with Crippen molar-refractivity contribution in [3.8, 4) is 0 Å². The lowest BCUT2D eigenvalue weighted by molar-refractivity contribution is -0.0837. The zero-order valence-electron chi connectivity index (χ0n) is 13.6. The van der Waals surface area contributed by atoms with E-state index in [0.717, 1.165) is 25.8 Å². The summed E-state index contributed by atoms with van der Waals surface area (Å²) in [4.78, 5) is 14.0. The molecule has 1 rings (SSSR count). The molecule has 1 unspecified atom stereocenters. The van der Waals surface area contributed by atoms with Crippen LogP contribution >= 0.6 is 0 Å². The number of ether oxygens (including phenoxy) is 2. The molecule has 1 heterocycles. The molecule has 0 radical (unpaired) electrons. The molecule has 0 aromatic rings. The summed E-state index contributed by atoms with van der Waals surface area (Å²) in [5.74, 6) is 0. The van der Waals surface area contributed by atoms with Gasteiger partial charge in [-0.05, 0) is 47.0 Å². The van der Waals surface area contributed by atoms with E-state index in [-0.39, 0.29) is 11.7 Å². The molecule has 1 fully saturated rings. The molecule has 20 heavy (non-hydrogen) atoms. The van der Waals surface area contributed by atoms with E-state index < -0.39 is 5.60 Å². The van der Waals surface area contributed by atoms with Gasteiger partial charge in [0, 0.05) is 6.54 Å². The van der Waals surface area contributed by atoms with E-state index in [2.05, 4.69) is 6.92 Å². The van der Waals surface area contributed by atoms with Crippen LogP contribution in [0.25, 0.3) is 0 Å². The Hall–Kier alpha value is -1.03. The summed E-state index contributed by atoms with van der Waals surface area (Å²) in [7, 11) is 0. The van der Waals surface area contributed by atoms with Gasteiger partial charge in [0.15, 0.2) is 0 Å². The van der Waals surface area contributed by atoms with Gasteiger partial charge in [-0.25, -0.2) is 4.79 Å². The molecule has 4 heteroatoms. The van der Waals surface area contributed by atoms with Crippen molar-refractivity contribution >= 4 is 6.09 Å². The number of likely N-dealkylation sites (tertiary alicyclic amines) is 1. The molecule has 0 spiro atoms. The monoisotopic (exact) mass is 283 g/mol. The van der Waals surface area contributed by atoms with E-state index in [9.17, 15) is 4.79 Å². The normalized spacial score (nSPS) is 24.1. The molecule has 0 N–H and O–H groups in total. The van der Waals surface area contributed by atoms with Crippen LogP contribution in [0.2, 0.25) is 0 Å². The quantitative estimate of drug-likeness (QED) is 0.737. The third-order valence-corrected chi connectivity index (χ3v) is 3.56. The molecule has 0 aromatic heterocycles. The second kappa shape index (κ2) is 7.11. The smallest absolute Gasteiger partial charge is 0.410 e. The maximum atomic E-state index is 12.2. The highest BCUT2D eigenvalue weighted by Gasteiger charge is 2.37. The number of carbonyl (C=O) groups excluding carboxylic acids is 1. The van der Waals surface area contributed by atoms with Crippen LogP contribution in [-0.4, -0.2) is 41.9 Å². The highest BCUT2D eigenvalue weighted by atomic mass is 16.6. The van der Waals surface area contributed by atoms with Gasteiger partial charge < -0.3 is 14.4 Å². The summed E-state index contributed by atoms with van der Waals surface area (Å²) in [5, 5.41) is 0. The molecule has 0 aliphatic carbocycles. The predicted octanol–water partition coefficient (Wildman–Crippen LogP) is 3.76. The summed E-state index contributed by atoms with van der Waals surface area (Å²) in [6.45, 7) is 11.8. The summed E-state index contributed by atoms with van der Waals surface area (Å²) >= 11 is 0. The van der Waals surface area contributed by atoms with Gasteiger partial charge in [0.1, 0.15) is 5.60 Å². The largest absolute Gasteiger partial charge is 0.444 e. The molecule has 0 aromatic carbocycles. The van der Waals surface area contributed by atoms with Gasteiger partial charge in [-0.3, -0.25) is 0 Å². The molecule has 1 aliphatic heterocycles. The molecule has 116 valence electrons. The standard InChI is InChI=1S/C16H29NO3/c1-6-8-12-19-16(7-2)10-9-11-17(13-16)14(18)20-15(3,4)5/h6,8H,7,9-13H2,1-5H3/b8-6+. The van der Waals surface area contributed by atoms with Crippen LogP contribution in [0.5, 0.6) is 0 Å². The van der Waals surface area contributed by atoms with Crippen LogP contribution in [0.15, 0.2) is 12.2 Å². The second-order valence-electron chi connectivity index (χ2n) is 6.42. The van der Waals surface area contributed by atoms with Crippen LogP contribution in [-0.2, 0) is 9.47 Å². The number of rotatable bonds is 4. The maximum absolute atomic E-state index is 12.2. The van der Waals surface area contributed by atoms with E-state index >= 15 is 0 Å². The van der Waals surface area contributed by atoms with Crippen LogP contribution in [0.4, 0.5) is 4.79 Å². The van der Waals surface area contributed by atoms with Crippen LogP contribution < -0.4 is 0 Å². The Morgan fingerprint density at radius 1 is 1.40 bits per heavy atom. The topological polar surface area (TPSA) is 38.8 Å². The Morgan fingerprint density at radius 2 is 2.10 bits per heavy atom. The first-order valence-corrected chi connectivity index (χ1v) is 7.55. The molecule has 1 saturated heterocycles. The van der Waals surface area contributed by atoms with Gasteiger partial charge in [0.2, 0.25) is 0 Å². The Labute approximate surface area is 123 Å². The fourth-order valence-corrected chi connectivity index (χ4v) is 2.41. The fourth-order valence-electron chi connectivity index (χ4n) is 2.41. The van der Waals surface area contributed by atoms with E-state index in [1.54, 1.807) is 4.90 Å². The van der Waals surface area contributed by atoms with Crippen molar-refractivity contribution in [2.24, 2.45) is 0 Å². The Kier molecular flexibility index (Phi) is 6.06. The number of nitrogens with zero attached hydrogens (tertiary/aromatic N) is 1. The minimum Gasteiger partial charge on any atom is -0.444 e. The zero-order valence-corrected chi connectivity index (χ0v) is 13.6. The minimum atomic E-state index is -0.449. The summed E-state index contributed by atoms with van der Waals surface area (Å²) in [6, 6.07) is 0. The summed E-state index contributed by atoms with van der Waals surface area (Å²) in [5.41, 5.74) is -0.677. The third kappa shape index (κ3) is 5.16. The Balaban J connectivity index is 2.65. The average molecular weight is 283 g/mol. The van der Waals surface area contributed by atoms with E-state index in [1.165, 1.54) is 0 Å². The molecular formula is C16H29NO3. The lowest BCUT2D eigenvalue weighted by Gasteiger charge is -2.42. The van der Waals surface area contributed by atoms with Gasteiger partial charge in [0.05, 0.1) is 18.8 Å². The molecule has 1 amide bonds. The van der Waals surface area contributed by atoms with Crippen molar-refractivity contribution in [3.63, 3.8) is 0 Å². The molecule has 4 nitrogen and oxygen atoms in total. The van der Waals surface area contributed by atoms with Gasteiger partial charge in [-0.1, -0.05) is 19.1 Å². The van der Waals surface area contributed by atoms with Gasteiger partial charge in [0.25, 0.3) is 0 Å². The highest BCUT2D eigenvalue weighted by Crippen LogP contribution is 2.29. The zero-order chi connectivity index (χ0) is 15.2. The SMILES string of the molecule is C/C=C/COC1(CC)CCCN(C(=O)OC(C)(C)C)C1. The fraction of sp³-hybridized carbons (Fsp3) is 0.812. The van der Waals surface area contributed by atoms with E-state index in [1.807, 2.05) is 39.8 Å².